The van der Waals surface area contributed by atoms with Gasteiger partial charge in [-0.1, -0.05) is 24.3 Å². The van der Waals surface area contributed by atoms with Crippen LogP contribution in [0, 0.1) is 13.8 Å². The number of carbonyl (C=O) groups is 1. The molecular formula is C18H19N5O2. The lowest BCUT2D eigenvalue weighted by atomic mass is 10.1. The average molecular weight is 337 g/mol. The minimum atomic E-state index is -0.238. The van der Waals surface area contributed by atoms with Crippen molar-refractivity contribution in [1.82, 2.24) is 25.5 Å². The number of rotatable bonds is 6. The molecule has 0 unspecified atom stereocenters. The largest absolute Gasteiger partial charge is 0.484 e. The summed E-state index contributed by atoms with van der Waals surface area (Å²) in [5.41, 5.74) is 3.21. The Morgan fingerprint density at radius 3 is 2.68 bits per heavy atom. The molecule has 2 aromatic carbocycles. The van der Waals surface area contributed by atoms with Crippen LogP contribution in [0.25, 0.3) is 5.69 Å². The zero-order valence-corrected chi connectivity index (χ0v) is 14.1. The number of nitrogens with zero attached hydrogens (tertiary/aromatic N) is 4. The molecule has 3 aromatic rings. The molecule has 0 radical (unpaired) electrons. The molecule has 0 atom stereocenters. The molecule has 0 bridgehead atoms. The summed E-state index contributed by atoms with van der Waals surface area (Å²) in [6.45, 7) is 4.24. The predicted molar refractivity (Wildman–Crippen MR) is 92.4 cm³/mol. The van der Waals surface area contributed by atoms with Gasteiger partial charge in [-0.05, 0) is 59.7 Å². The van der Waals surface area contributed by atoms with E-state index in [1.807, 2.05) is 50.2 Å². The van der Waals surface area contributed by atoms with Gasteiger partial charge >= 0.3 is 0 Å². The third-order valence-corrected chi connectivity index (χ3v) is 3.83. The SMILES string of the molecule is Cc1ccc(-n2nnnc2CNC(=O)COc2ccccc2)cc1C. The van der Waals surface area contributed by atoms with Crippen LogP contribution in [0.2, 0.25) is 0 Å². The zero-order valence-electron chi connectivity index (χ0n) is 14.1. The van der Waals surface area contributed by atoms with Crippen molar-refractivity contribution in [2.45, 2.75) is 20.4 Å². The molecule has 0 aliphatic heterocycles. The van der Waals surface area contributed by atoms with E-state index >= 15 is 0 Å². The normalized spacial score (nSPS) is 10.5. The van der Waals surface area contributed by atoms with Crippen LogP contribution < -0.4 is 10.1 Å². The maximum Gasteiger partial charge on any atom is 0.258 e. The smallest absolute Gasteiger partial charge is 0.258 e. The molecule has 3 rings (SSSR count). The molecule has 1 heterocycles. The summed E-state index contributed by atoms with van der Waals surface area (Å²) in [4.78, 5) is 11.9. The van der Waals surface area contributed by atoms with Crippen LogP contribution in [0.3, 0.4) is 0 Å². The first kappa shape index (κ1) is 16.6. The molecule has 7 heteroatoms. The van der Waals surface area contributed by atoms with Gasteiger partial charge in [0.1, 0.15) is 5.75 Å². The number of ether oxygens (including phenoxy) is 1. The second kappa shape index (κ2) is 7.57. The fraction of sp³-hybridized carbons (Fsp3) is 0.222. The molecule has 0 saturated heterocycles. The van der Waals surface area contributed by atoms with Crippen LogP contribution in [0.4, 0.5) is 0 Å². The van der Waals surface area contributed by atoms with Crippen molar-refractivity contribution in [2.24, 2.45) is 0 Å². The van der Waals surface area contributed by atoms with Gasteiger partial charge in [-0.25, -0.2) is 0 Å². The summed E-state index contributed by atoms with van der Waals surface area (Å²) in [5, 5.41) is 14.4. The summed E-state index contributed by atoms with van der Waals surface area (Å²) in [6, 6.07) is 15.2. The number of nitrogens with one attached hydrogen (secondary N) is 1. The van der Waals surface area contributed by atoms with E-state index in [4.69, 9.17) is 4.74 Å². The second-order valence-electron chi connectivity index (χ2n) is 5.65. The van der Waals surface area contributed by atoms with Crippen LogP contribution in [0.1, 0.15) is 17.0 Å². The number of amides is 1. The molecule has 7 nitrogen and oxygen atoms in total. The van der Waals surface area contributed by atoms with Crippen LogP contribution in [-0.4, -0.2) is 32.7 Å². The van der Waals surface area contributed by atoms with Crippen molar-refractivity contribution in [2.75, 3.05) is 6.61 Å². The molecule has 1 N–H and O–H groups in total. The third kappa shape index (κ3) is 4.20. The number of aromatic nitrogens is 4. The van der Waals surface area contributed by atoms with Gasteiger partial charge in [0.25, 0.3) is 5.91 Å². The van der Waals surface area contributed by atoms with Crippen molar-refractivity contribution in [3.63, 3.8) is 0 Å². The Balaban J connectivity index is 1.59. The number of para-hydroxylation sites is 1. The van der Waals surface area contributed by atoms with Gasteiger partial charge < -0.3 is 10.1 Å². The minimum Gasteiger partial charge on any atom is -0.484 e. The molecule has 0 saturated carbocycles. The monoisotopic (exact) mass is 337 g/mol. The summed E-state index contributed by atoms with van der Waals surface area (Å²) >= 11 is 0. The lowest BCUT2D eigenvalue weighted by molar-refractivity contribution is -0.123. The molecule has 0 aliphatic rings. The molecule has 1 aromatic heterocycles. The van der Waals surface area contributed by atoms with Crippen LogP contribution in [-0.2, 0) is 11.3 Å². The highest BCUT2D eigenvalue weighted by Crippen LogP contribution is 2.14. The lowest BCUT2D eigenvalue weighted by Crippen LogP contribution is -2.29. The zero-order chi connectivity index (χ0) is 17.6. The Bertz CT molecular complexity index is 861. The number of hydrogen-bond donors (Lipinski definition) is 1. The Hall–Kier alpha value is -3.22. The third-order valence-electron chi connectivity index (χ3n) is 3.83. The molecule has 1 amide bonds. The van der Waals surface area contributed by atoms with Crippen LogP contribution in [0.15, 0.2) is 48.5 Å². The summed E-state index contributed by atoms with van der Waals surface area (Å²) < 4.78 is 7.03. The molecule has 0 spiro atoms. The number of aryl methyl sites for hydroxylation is 2. The van der Waals surface area contributed by atoms with Crippen molar-refractivity contribution in [1.29, 1.82) is 0 Å². The Labute approximate surface area is 145 Å². The van der Waals surface area contributed by atoms with Crippen molar-refractivity contribution >= 4 is 5.91 Å². The fourth-order valence-electron chi connectivity index (χ4n) is 2.27. The van der Waals surface area contributed by atoms with E-state index in [2.05, 4.69) is 20.8 Å². The number of hydrogen-bond acceptors (Lipinski definition) is 5. The lowest BCUT2D eigenvalue weighted by Gasteiger charge is -2.09. The maximum atomic E-state index is 11.9. The van der Waals surface area contributed by atoms with E-state index in [-0.39, 0.29) is 19.1 Å². The summed E-state index contributed by atoms with van der Waals surface area (Å²) in [7, 11) is 0. The van der Waals surface area contributed by atoms with E-state index < -0.39 is 0 Å². The highest BCUT2D eigenvalue weighted by molar-refractivity contribution is 5.77. The quantitative estimate of drug-likeness (QED) is 0.744. The molecule has 128 valence electrons. The molecule has 0 aliphatic carbocycles. The molecule has 0 fully saturated rings. The fourth-order valence-corrected chi connectivity index (χ4v) is 2.27. The van der Waals surface area contributed by atoms with E-state index in [9.17, 15) is 4.79 Å². The molecule has 25 heavy (non-hydrogen) atoms. The van der Waals surface area contributed by atoms with Crippen molar-refractivity contribution in [3.8, 4) is 11.4 Å². The van der Waals surface area contributed by atoms with Gasteiger partial charge in [-0.15, -0.1) is 5.10 Å². The summed E-state index contributed by atoms with van der Waals surface area (Å²) in [5.74, 6) is 0.965. The van der Waals surface area contributed by atoms with Gasteiger partial charge in [0, 0.05) is 0 Å². The van der Waals surface area contributed by atoms with Crippen molar-refractivity contribution in [3.05, 3.63) is 65.5 Å². The predicted octanol–water partition coefficient (Wildman–Crippen LogP) is 1.97. The minimum absolute atomic E-state index is 0.0603. The van der Waals surface area contributed by atoms with Gasteiger partial charge in [0.05, 0.1) is 12.2 Å². The first-order valence-electron chi connectivity index (χ1n) is 7.93. The van der Waals surface area contributed by atoms with Crippen LogP contribution >= 0.6 is 0 Å². The molecular weight excluding hydrogens is 318 g/mol. The Kier molecular flexibility index (Phi) is 5.03. The first-order chi connectivity index (χ1) is 12.1. The highest BCUT2D eigenvalue weighted by Gasteiger charge is 2.11. The Morgan fingerprint density at radius 1 is 1.12 bits per heavy atom. The van der Waals surface area contributed by atoms with Gasteiger partial charge in [0.2, 0.25) is 0 Å². The number of benzene rings is 2. The van der Waals surface area contributed by atoms with E-state index in [0.717, 1.165) is 11.3 Å². The summed E-state index contributed by atoms with van der Waals surface area (Å²) in [6.07, 6.45) is 0. The highest BCUT2D eigenvalue weighted by atomic mass is 16.5. The van der Waals surface area contributed by atoms with Gasteiger partial charge in [-0.3, -0.25) is 4.79 Å². The van der Waals surface area contributed by atoms with E-state index in [0.29, 0.717) is 11.6 Å². The van der Waals surface area contributed by atoms with Gasteiger partial charge in [-0.2, -0.15) is 4.68 Å². The van der Waals surface area contributed by atoms with Crippen LogP contribution in [0.5, 0.6) is 5.75 Å². The average Bonchev–Trinajstić information content (AvgIpc) is 3.10. The number of tetrazole rings is 1. The maximum absolute atomic E-state index is 11.9. The van der Waals surface area contributed by atoms with Gasteiger partial charge in [0.15, 0.2) is 12.4 Å². The standard InChI is InChI=1S/C18H19N5O2/c1-13-8-9-15(10-14(13)2)23-17(20-21-22-23)11-19-18(24)12-25-16-6-4-3-5-7-16/h3-10H,11-12H2,1-2H3,(H,19,24). The Morgan fingerprint density at radius 2 is 1.92 bits per heavy atom. The second-order valence-corrected chi connectivity index (χ2v) is 5.65. The number of carbonyl (C=O) groups excluding carboxylic acids is 1. The van der Waals surface area contributed by atoms with E-state index in [1.165, 1.54) is 5.56 Å². The first-order valence-corrected chi connectivity index (χ1v) is 7.93. The van der Waals surface area contributed by atoms with E-state index in [1.54, 1.807) is 16.8 Å². The van der Waals surface area contributed by atoms with Crippen molar-refractivity contribution < 1.29 is 9.53 Å². The topological polar surface area (TPSA) is 81.9 Å².